The summed E-state index contributed by atoms with van der Waals surface area (Å²) >= 11 is 0. The van der Waals surface area contributed by atoms with Crippen LogP contribution in [0.15, 0.2) is 42.7 Å². The predicted molar refractivity (Wildman–Crippen MR) is 92.7 cm³/mol. The number of nitrogens with zero attached hydrogens (tertiary/aromatic N) is 4. The Morgan fingerprint density at radius 1 is 1.29 bits per heavy atom. The van der Waals surface area contributed by atoms with Crippen molar-refractivity contribution in [1.82, 2.24) is 19.4 Å². The molecule has 4 rings (SSSR count). The highest BCUT2D eigenvalue weighted by Gasteiger charge is 2.33. The molecule has 1 atom stereocenters. The van der Waals surface area contributed by atoms with Gasteiger partial charge in [-0.25, -0.2) is 4.98 Å². The first-order valence-electron chi connectivity index (χ1n) is 8.29. The number of amides is 1. The summed E-state index contributed by atoms with van der Waals surface area (Å²) in [6.45, 7) is 2.75. The lowest BCUT2D eigenvalue weighted by Crippen LogP contribution is -2.31. The van der Waals surface area contributed by atoms with Crippen LogP contribution >= 0.6 is 0 Å². The van der Waals surface area contributed by atoms with Crippen molar-refractivity contribution in [1.29, 1.82) is 0 Å². The summed E-state index contributed by atoms with van der Waals surface area (Å²) in [5.41, 5.74) is 2.54. The second-order valence-electron chi connectivity index (χ2n) is 6.42. The SMILES string of the molecule is Cc1cn(C)c([C@@H]2CCCN2C(=O)c2cnc3ccccc3c2)n1. The molecule has 0 aliphatic carbocycles. The van der Waals surface area contributed by atoms with Gasteiger partial charge in [0.25, 0.3) is 5.91 Å². The van der Waals surface area contributed by atoms with Crippen LogP contribution < -0.4 is 0 Å². The fraction of sp³-hybridized carbons (Fsp3) is 0.316. The highest BCUT2D eigenvalue weighted by atomic mass is 16.2. The van der Waals surface area contributed by atoms with E-state index in [-0.39, 0.29) is 11.9 Å². The van der Waals surface area contributed by atoms with E-state index in [0.717, 1.165) is 41.8 Å². The molecule has 3 aromatic rings. The Morgan fingerprint density at radius 3 is 2.92 bits per heavy atom. The minimum atomic E-state index is 0.0383. The number of carbonyl (C=O) groups is 1. The van der Waals surface area contributed by atoms with E-state index >= 15 is 0 Å². The summed E-state index contributed by atoms with van der Waals surface area (Å²) in [5, 5.41) is 0.993. The maximum Gasteiger partial charge on any atom is 0.256 e. The van der Waals surface area contributed by atoms with Crippen molar-refractivity contribution in [2.45, 2.75) is 25.8 Å². The molecule has 3 heterocycles. The summed E-state index contributed by atoms with van der Waals surface area (Å²) in [6.07, 6.45) is 5.65. The predicted octanol–water partition coefficient (Wildman–Crippen LogP) is 3.25. The maximum absolute atomic E-state index is 13.0. The van der Waals surface area contributed by atoms with Crippen molar-refractivity contribution in [3.8, 4) is 0 Å². The highest BCUT2D eigenvalue weighted by molar-refractivity contribution is 5.97. The van der Waals surface area contributed by atoms with E-state index < -0.39 is 0 Å². The van der Waals surface area contributed by atoms with Crippen LogP contribution in [-0.2, 0) is 7.05 Å². The zero-order chi connectivity index (χ0) is 16.7. The monoisotopic (exact) mass is 320 g/mol. The van der Waals surface area contributed by atoms with E-state index in [1.165, 1.54) is 0 Å². The van der Waals surface area contributed by atoms with Gasteiger partial charge in [0.05, 0.1) is 22.8 Å². The maximum atomic E-state index is 13.0. The minimum absolute atomic E-state index is 0.0383. The Morgan fingerprint density at radius 2 is 2.12 bits per heavy atom. The average Bonchev–Trinajstić information content (AvgIpc) is 3.19. The number of hydrogen-bond acceptors (Lipinski definition) is 3. The standard InChI is InChI=1S/C19H20N4O/c1-13-12-22(2)18(21-13)17-8-5-9-23(17)19(24)15-10-14-6-3-4-7-16(14)20-11-15/h3-4,6-7,10-12,17H,5,8-9H2,1-2H3/t17-/m0/s1. The summed E-state index contributed by atoms with van der Waals surface area (Å²) in [4.78, 5) is 24.0. The van der Waals surface area contributed by atoms with E-state index in [1.54, 1.807) is 6.20 Å². The number of hydrogen-bond donors (Lipinski definition) is 0. The second kappa shape index (κ2) is 5.74. The van der Waals surface area contributed by atoms with Crippen LogP contribution in [0.5, 0.6) is 0 Å². The number of imidazole rings is 1. The van der Waals surface area contributed by atoms with E-state index in [4.69, 9.17) is 0 Å². The zero-order valence-corrected chi connectivity index (χ0v) is 13.9. The number of likely N-dealkylation sites (tertiary alicyclic amines) is 1. The van der Waals surface area contributed by atoms with Gasteiger partial charge in [0.15, 0.2) is 0 Å². The van der Waals surface area contributed by atoms with E-state index in [2.05, 4.69) is 9.97 Å². The van der Waals surface area contributed by atoms with Crippen LogP contribution in [0.25, 0.3) is 10.9 Å². The summed E-state index contributed by atoms with van der Waals surface area (Å²) in [6, 6.07) is 9.85. The molecule has 1 fully saturated rings. The molecule has 0 unspecified atom stereocenters. The molecule has 1 aliphatic heterocycles. The molecular weight excluding hydrogens is 300 g/mol. The normalized spacial score (nSPS) is 17.6. The third kappa shape index (κ3) is 2.46. The van der Waals surface area contributed by atoms with Gasteiger partial charge in [0.1, 0.15) is 5.82 Å². The minimum Gasteiger partial charge on any atom is -0.336 e. The van der Waals surface area contributed by atoms with Crippen molar-refractivity contribution >= 4 is 16.8 Å². The number of pyridine rings is 1. The van der Waals surface area contributed by atoms with Crippen LogP contribution in [0.2, 0.25) is 0 Å². The van der Waals surface area contributed by atoms with Crippen LogP contribution in [0.4, 0.5) is 0 Å². The summed E-state index contributed by atoms with van der Waals surface area (Å²) in [7, 11) is 1.99. The van der Waals surface area contributed by atoms with Gasteiger partial charge in [0, 0.05) is 31.4 Å². The van der Waals surface area contributed by atoms with Gasteiger partial charge in [-0.1, -0.05) is 18.2 Å². The Hall–Kier alpha value is -2.69. The molecule has 1 aliphatic rings. The fourth-order valence-electron chi connectivity index (χ4n) is 3.58. The lowest BCUT2D eigenvalue weighted by Gasteiger charge is -2.24. The molecule has 1 aromatic carbocycles. The molecule has 24 heavy (non-hydrogen) atoms. The Kier molecular flexibility index (Phi) is 3.56. The van der Waals surface area contributed by atoms with Gasteiger partial charge < -0.3 is 9.47 Å². The molecule has 5 heteroatoms. The summed E-state index contributed by atoms with van der Waals surface area (Å²) in [5.74, 6) is 1.00. The van der Waals surface area contributed by atoms with Crippen LogP contribution in [0.1, 0.15) is 40.8 Å². The number of benzene rings is 1. The topological polar surface area (TPSA) is 51.0 Å². The van der Waals surface area contributed by atoms with Gasteiger partial charge in [-0.3, -0.25) is 9.78 Å². The molecule has 1 saturated heterocycles. The van der Waals surface area contributed by atoms with Gasteiger partial charge in [-0.2, -0.15) is 0 Å². The largest absolute Gasteiger partial charge is 0.336 e. The van der Waals surface area contributed by atoms with Gasteiger partial charge in [-0.15, -0.1) is 0 Å². The smallest absolute Gasteiger partial charge is 0.256 e. The molecule has 5 nitrogen and oxygen atoms in total. The molecule has 0 N–H and O–H groups in total. The number of aryl methyl sites for hydroxylation is 2. The van der Waals surface area contributed by atoms with Gasteiger partial charge in [0.2, 0.25) is 0 Å². The van der Waals surface area contributed by atoms with Crippen molar-refractivity contribution in [3.63, 3.8) is 0 Å². The van der Waals surface area contributed by atoms with Crippen LogP contribution in [0, 0.1) is 6.92 Å². The van der Waals surface area contributed by atoms with Crippen LogP contribution in [-0.4, -0.2) is 31.9 Å². The molecule has 2 aromatic heterocycles. The van der Waals surface area contributed by atoms with Crippen molar-refractivity contribution in [2.24, 2.45) is 7.05 Å². The van der Waals surface area contributed by atoms with Crippen LogP contribution in [0.3, 0.4) is 0 Å². The fourth-order valence-corrected chi connectivity index (χ4v) is 3.58. The van der Waals surface area contributed by atoms with Crippen molar-refractivity contribution in [3.05, 3.63) is 59.8 Å². The molecule has 0 bridgehead atoms. The average molecular weight is 320 g/mol. The Bertz CT molecular complexity index is 915. The molecule has 1 amide bonds. The van der Waals surface area contributed by atoms with Gasteiger partial charge >= 0.3 is 0 Å². The first-order valence-corrected chi connectivity index (χ1v) is 8.29. The third-order valence-electron chi connectivity index (χ3n) is 4.68. The molecule has 0 radical (unpaired) electrons. The summed E-state index contributed by atoms with van der Waals surface area (Å²) < 4.78 is 2.03. The van der Waals surface area contributed by atoms with E-state index in [9.17, 15) is 4.79 Å². The number of aromatic nitrogens is 3. The number of para-hydroxylation sites is 1. The number of rotatable bonds is 2. The molecular formula is C19H20N4O. The molecule has 0 spiro atoms. The highest BCUT2D eigenvalue weighted by Crippen LogP contribution is 2.32. The Balaban J connectivity index is 1.68. The lowest BCUT2D eigenvalue weighted by molar-refractivity contribution is 0.0728. The first kappa shape index (κ1) is 14.9. The molecule has 0 saturated carbocycles. The zero-order valence-electron chi connectivity index (χ0n) is 13.9. The molecule has 122 valence electrons. The lowest BCUT2D eigenvalue weighted by atomic mass is 10.1. The third-order valence-corrected chi connectivity index (χ3v) is 4.68. The first-order chi connectivity index (χ1) is 11.6. The number of carbonyl (C=O) groups excluding carboxylic acids is 1. The van der Waals surface area contributed by atoms with E-state index in [1.807, 2.05) is 60.0 Å². The number of fused-ring (bicyclic) bond motifs is 1. The van der Waals surface area contributed by atoms with Crippen molar-refractivity contribution in [2.75, 3.05) is 6.54 Å². The van der Waals surface area contributed by atoms with E-state index in [0.29, 0.717) is 5.56 Å². The second-order valence-corrected chi connectivity index (χ2v) is 6.42. The van der Waals surface area contributed by atoms with Gasteiger partial charge in [-0.05, 0) is 31.9 Å². The van der Waals surface area contributed by atoms with Crippen molar-refractivity contribution < 1.29 is 4.79 Å². The Labute approximate surface area is 140 Å². The quantitative estimate of drug-likeness (QED) is 0.728.